The van der Waals surface area contributed by atoms with Gasteiger partial charge in [0.15, 0.2) is 0 Å². The van der Waals surface area contributed by atoms with E-state index in [1.54, 1.807) is 42.5 Å². The summed E-state index contributed by atoms with van der Waals surface area (Å²) in [6.07, 6.45) is 0. The van der Waals surface area contributed by atoms with E-state index >= 15 is 0 Å². The number of phosphoric ester groups is 1. The summed E-state index contributed by atoms with van der Waals surface area (Å²) >= 11 is 0. The molecule has 3 rings (SSSR count). The first-order valence-electron chi connectivity index (χ1n) is 7.43. The van der Waals surface area contributed by atoms with Crippen molar-refractivity contribution in [1.82, 2.24) is 0 Å². The van der Waals surface area contributed by atoms with Gasteiger partial charge in [-0.2, -0.15) is 0 Å². The third-order valence-corrected chi connectivity index (χ3v) is 4.05. The van der Waals surface area contributed by atoms with Crippen LogP contribution >= 0.6 is 7.82 Å². The summed E-state index contributed by atoms with van der Waals surface area (Å²) < 4.78 is 16.3. The summed E-state index contributed by atoms with van der Waals surface area (Å²) in [5.74, 6) is 0.0684. The van der Waals surface area contributed by atoms with Crippen molar-refractivity contribution in [3.05, 3.63) is 66.7 Å². The molecular formula is C18H17N2O4P. The third-order valence-electron chi connectivity index (χ3n) is 3.62. The van der Waals surface area contributed by atoms with E-state index in [0.717, 1.165) is 11.1 Å². The maximum absolute atomic E-state index is 11.4. The fourth-order valence-electron chi connectivity index (χ4n) is 2.67. The van der Waals surface area contributed by atoms with Crippen LogP contribution in [0.4, 0.5) is 11.4 Å². The molecule has 0 fully saturated rings. The molecule has 0 unspecified atom stereocenters. The highest BCUT2D eigenvalue weighted by molar-refractivity contribution is 7.46. The Morgan fingerprint density at radius 1 is 0.800 bits per heavy atom. The SMILES string of the molecule is Nc1cccc(-c2cccc(OP(=O)(O)O)c2-c2cccc(N)c2)c1. The molecule has 0 radical (unpaired) electrons. The number of anilines is 2. The normalized spacial score (nSPS) is 11.3. The predicted octanol–water partition coefficient (Wildman–Crippen LogP) is 3.66. The van der Waals surface area contributed by atoms with Gasteiger partial charge in [-0.1, -0.05) is 36.4 Å². The first kappa shape index (κ1) is 17.0. The van der Waals surface area contributed by atoms with Crippen LogP contribution in [0.2, 0.25) is 0 Å². The standard InChI is InChI=1S/C18H17N2O4P/c19-14-6-1-4-12(10-14)16-8-3-9-17(24-25(21,22)23)18(16)13-5-2-7-15(20)11-13/h1-11H,19-20H2,(H2,21,22,23). The van der Waals surface area contributed by atoms with Crippen molar-refractivity contribution in [2.24, 2.45) is 0 Å². The van der Waals surface area contributed by atoms with Gasteiger partial charge in [0, 0.05) is 16.9 Å². The van der Waals surface area contributed by atoms with Crippen LogP contribution in [0.15, 0.2) is 66.7 Å². The summed E-state index contributed by atoms with van der Waals surface area (Å²) in [5, 5.41) is 0. The highest BCUT2D eigenvalue weighted by Gasteiger charge is 2.21. The van der Waals surface area contributed by atoms with Crippen molar-refractivity contribution in [2.75, 3.05) is 11.5 Å². The van der Waals surface area contributed by atoms with Gasteiger partial charge in [-0.25, -0.2) is 4.57 Å². The quantitative estimate of drug-likeness (QED) is 0.418. The minimum Gasteiger partial charge on any atom is -0.404 e. The van der Waals surface area contributed by atoms with Crippen molar-refractivity contribution >= 4 is 19.2 Å². The summed E-state index contributed by atoms with van der Waals surface area (Å²) in [6.45, 7) is 0. The fourth-order valence-corrected chi connectivity index (χ4v) is 3.08. The van der Waals surface area contributed by atoms with Crippen LogP contribution in [0.1, 0.15) is 0 Å². The zero-order valence-electron chi connectivity index (χ0n) is 13.2. The number of hydrogen-bond donors (Lipinski definition) is 4. The molecule has 6 nitrogen and oxygen atoms in total. The lowest BCUT2D eigenvalue weighted by Gasteiger charge is -2.17. The largest absolute Gasteiger partial charge is 0.524 e. The first-order chi connectivity index (χ1) is 11.8. The molecule has 0 spiro atoms. The molecule has 0 aliphatic rings. The van der Waals surface area contributed by atoms with Crippen molar-refractivity contribution in [2.45, 2.75) is 0 Å². The zero-order valence-corrected chi connectivity index (χ0v) is 14.1. The Labute approximate surface area is 144 Å². The lowest BCUT2D eigenvalue weighted by Crippen LogP contribution is -1.96. The van der Waals surface area contributed by atoms with E-state index in [1.807, 2.05) is 18.2 Å². The summed E-state index contributed by atoms with van der Waals surface area (Å²) in [5.41, 5.74) is 15.6. The Bertz CT molecular complexity index is 969. The number of nitrogen functional groups attached to an aromatic ring is 2. The van der Waals surface area contributed by atoms with Crippen molar-refractivity contribution in [1.29, 1.82) is 0 Å². The number of rotatable bonds is 4. The molecule has 25 heavy (non-hydrogen) atoms. The first-order valence-corrected chi connectivity index (χ1v) is 8.96. The Hall–Kier alpha value is -2.79. The second-order valence-corrected chi connectivity index (χ2v) is 6.68. The van der Waals surface area contributed by atoms with Gasteiger partial charge in [0.25, 0.3) is 0 Å². The maximum atomic E-state index is 11.4. The highest BCUT2D eigenvalue weighted by atomic mass is 31.2. The van der Waals surface area contributed by atoms with Crippen LogP contribution in [0.3, 0.4) is 0 Å². The molecule has 0 aliphatic carbocycles. The van der Waals surface area contributed by atoms with Crippen molar-refractivity contribution < 1.29 is 18.9 Å². The van der Waals surface area contributed by atoms with Gasteiger partial charge in [-0.05, 0) is 47.0 Å². The Morgan fingerprint density at radius 2 is 1.36 bits per heavy atom. The van der Waals surface area contributed by atoms with Crippen LogP contribution in [0.25, 0.3) is 22.3 Å². The number of hydrogen-bond acceptors (Lipinski definition) is 4. The molecule has 0 saturated heterocycles. The third kappa shape index (κ3) is 4.00. The molecular weight excluding hydrogens is 339 g/mol. The van der Waals surface area contributed by atoms with E-state index in [1.165, 1.54) is 6.07 Å². The van der Waals surface area contributed by atoms with E-state index in [2.05, 4.69) is 0 Å². The second-order valence-electron chi connectivity index (χ2n) is 5.51. The topological polar surface area (TPSA) is 119 Å². The maximum Gasteiger partial charge on any atom is 0.524 e. The predicted molar refractivity (Wildman–Crippen MR) is 98.8 cm³/mol. The fraction of sp³-hybridized carbons (Fsp3) is 0. The smallest absolute Gasteiger partial charge is 0.404 e. The number of benzene rings is 3. The van der Waals surface area contributed by atoms with Gasteiger partial charge in [0.1, 0.15) is 5.75 Å². The van der Waals surface area contributed by atoms with E-state index in [4.69, 9.17) is 16.0 Å². The Morgan fingerprint density at radius 3 is 1.96 bits per heavy atom. The molecule has 0 bridgehead atoms. The van der Waals surface area contributed by atoms with Gasteiger partial charge in [-0.15, -0.1) is 0 Å². The molecule has 0 aromatic heterocycles. The van der Waals surface area contributed by atoms with Gasteiger partial charge >= 0.3 is 7.82 Å². The molecule has 0 heterocycles. The van der Waals surface area contributed by atoms with Crippen LogP contribution in [-0.4, -0.2) is 9.79 Å². The molecule has 3 aromatic rings. The summed E-state index contributed by atoms with van der Waals surface area (Å²) in [6, 6.07) is 19.2. The summed E-state index contributed by atoms with van der Waals surface area (Å²) in [4.78, 5) is 18.5. The molecule has 0 atom stereocenters. The van der Waals surface area contributed by atoms with E-state index < -0.39 is 7.82 Å². The van der Waals surface area contributed by atoms with E-state index in [9.17, 15) is 14.4 Å². The van der Waals surface area contributed by atoms with Crippen LogP contribution in [0, 0.1) is 0 Å². The summed E-state index contributed by atoms with van der Waals surface area (Å²) in [7, 11) is -4.72. The highest BCUT2D eigenvalue weighted by Crippen LogP contribution is 2.46. The average Bonchev–Trinajstić information content (AvgIpc) is 2.53. The van der Waals surface area contributed by atoms with Gasteiger partial charge < -0.3 is 16.0 Å². The molecule has 3 aromatic carbocycles. The lowest BCUT2D eigenvalue weighted by atomic mass is 9.93. The molecule has 0 saturated carbocycles. The second kappa shape index (κ2) is 6.61. The molecule has 0 aliphatic heterocycles. The van der Waals surface area contributed by atoms with Gasteiger partial charge in [0.2, 0.25) is 0 Å². The van der Waals surface area contributed by atoms with Crippen molar-refractivity contribution in [3.8, 4) is 28.0 Å². The van der Waals surface area contributed by atoms with Gasteiger partial charge in [0.05, 0.1) is 0 Å². The minimum atomic E-state index is -4.72. The zero-order chi connectivity index (χ0) is 18.0. The monoisotopic (exact) mass is 356 g/mol. The van der Waals surface area contributed by atoms with E-state index in [0.29, 0.717) is 22.5 Å². The van der Waals surface area contributed by atoms with E-state index in [-0.39, 0.29) is 5.75 Å². The lowest BCUT2D eigenvalue weighted by molar-refractivity contribution is 0.283. The van der Waals surface area contributed by atoms with Crippen LogP contribution in [0.5, 0.6) is 5.75 Å². The molecule has 0 amide bonds. The van der Waals surface area contributed by atoms with Crippen molar-refractivity contribution in [3.63, 3.8) is 0 Å². The number of nitrogens with two attached hydrogens (primary N) is 2. The minimum absolute atomic E-state index is 0.0684. The Balaban J connectivity index is 2.28. The molecule has 7 heteroatoms. The molecule has 6 N–H and O–H groups in total. The van der Waals surface area contributed by atoms with Crippen LogP contribution in [-0.2, 0) is 4.57 Å². The average molecular weight is 356 g/mol. The Kier molecular flexibility index (Phi) is 4.51. The molecule has 128 valence electrons. The van der Waals surface area contributed by atoms with Crippen LogP contribution < -0.4 is 16.0 Å². The number of phosphoric acid groups is 1. The van der Waals surface area contributed by atoms with Gasteiger partial charge in [-0.3, -0.25) is 9.79 Å².